The number of pyridine rings is 1. The number of nitrogens with two attached hydrogens (primary N) is 1. The molecule has 0 spiro atoms. The van der Waals surface area contributed by atoms with Gasteiger partial charge in [-0.25, -0.2) is 9.37 Å². The number of allylic oxidation sites excluding steroid dienone is 1. The third kappa shape index (κ3) is 5.63. The number of alkyl halides is 3. The summed E-state index contributed by atoms with van der Waals surface area (Å²) in [6, 6.07) is 12.8. The number of rotatable bonds is 6. The molecule has 5 nitrogen and oxygen atoms in total. The summed E-state index contributed by atoms with van der Waals surface area (Å²) in [7, 11) is 0. The number of carbonyl (C=O) groups excluding carboxylic acids is 1. The van der Waals surface area contributed by atoms with E-state index in [1.54, 1.807) is 18.2 Å². The minimum atomic E-state index is -4.67. The Kier molecular flexibility index (Phi) is 6.77. The lowest BCUT2D eigenvalue weighted by Crippen LogP contribution is -2.18. The zero-order valence-corrected chi connectivity index (χ0v) is 17.0. The molecule has 0 unspecified atom stereocenters. The zero-order chi connectivity index (χ0) is 23.3. The molecule has 0 aliphatic rings. The van der Waals surface area contributed by atoms with Crippen LogP contribution in [-0.2, 0) is 12.7 Å². The minimum Gasteiger partial charge on any atom is -0.399 e. The molecule has 0 atom stereocenters. The van der Waals surface area contributed by atoms with Gasteiger partial charge in [-0.15, -0.1) is 0 Å². The average molecular weight is 444 g/mol. The molecule has 3 aromatic rings. The normalized spacial score (nSPS) is 11.8. The van der Waals surface area contributed by atoms with Gasteiger partial charge in [-0.05, 0) is 48.4 Å². The van der Waals surface area contributed by atoms with Crippen molar-refractivity contribution in [3.8, 4) is 0 Å². The Morgan fingerprint density at radius 3 is 2.34 bits per heavy atom. The van der Waals surface area contributed by atoms with Gasteiger partial charge >= 0.3 is 6.18 Å². The Morgan fingerprint density at radius 2 is 1.75 bits per heavy atom. The predicted octanol–water partition coefficient (Wildman–Crippen LogP) is 5.42. The maximum absolute atomic E-state index is 13.2. The molecule has 2 aromatic carbocycles. The van der Waals surface area contributed by atoms with Crippen molar-refractivity contribution in [2.45, 2.75) is 19.6 Å². The number of aromatic nitrogens is 1. The highest BCUT2D eigenvalue weighted by atomic mass is 19.4. The van der Waals surface area contributed by atoms with E-state index in [1.807, 2.05) is 19.1 Å². The summed E-state index contributed by atoms with van der Waals surface area (Å²) in [5.74, 6) is -1.34. The Balaban J connectivity index is 1.84. The fourth-order valence-corrected chi connectivity index (χ4v) is 2.83. The summed E-state index contributed by atoms with van der Waals surface area (Å²) in [6.45, 7) is 2.03. The quantitative estimate of drug-likeness (QED) is 0.444. The van der Waals surface area contributed by atoms with E-state index >= 15 is 0 Å². The number of nitrogens with zero attached hydrogens (tertiary/aromatic N) is 1. The van der Waals surface area contributed by atoms with Gasteiger partial charge in [0.05, 0.1) is 11.1 Å². The maximum atomic E-state index is 13.2. The van der Waals surface area contributed by atoms with Gasteiger partial charge in [0.15, 0.2) is 0 Å². The number of hydrogen-bond donors (Lipinski definition) is 3. The molecule has 166 valence electrons. The number of anilines is 2. The second-order valence-electron chi connectivity index (χ2n) is 6.87. The van der Waals surface area contributed by atoms with Crippen molar-refractivity contribution >= 4 is 23.1 Å². The topological polar surface area (TPSA) is 80.0 Å². The zero-order valence-electron chi connectivity index (χ0n) is 17.0. The van der Waals surface area contributed by atoms with E-state index in [1.165, 1.54) is 12.1 Å². The van der Waals surface area contributed by atoms with Gasteiger partial charge in [0.25, 0.3) is 5.91 Å². The summed E-state index contributed by atoms with van der Waals surface area (Å²) in [6.07, 6.45) is -2.24. The summed E-state index contributed by atoms with van der Waals surface area (Å²) in [5.41, 5.74) is 7.01. The van der Waals surface area contributed by atoms with Crippen molar-refractivity contribution in [1.82, 2.24) is 4.98 Å². The van der Waals surface area contributed by atoms with E-state index in [0.29, 0.717) is 11.9 Å². The fourth-order valence-electron chi connectivity index (χ4n) is 2.83. The summed E-state index contributed by atoms with van der Waals surface area (Å²) >= 11 is 0. The molecule has 0 bridgehead atoms. The first-order valence-corrected chi connectivity index (χ1v) is 9.56. The molecule has 9 heteroatoms. The highest BCUT2D eigenvalue weighted by molar-refractivity contribution is 6.07. The van der Waals surface area contributed by atoms with Crippen LogP contribution in [0.3, 0.4) is 0 Å². The second kappa shape index (κ2) is 9.51. The second-order valence-corrected chi connectivity index (χ2v) is 6.87. The summed E-state index contributed by atoms with van der Waals surface area (Å²) in [4.78, 5) is 16.5. The average Bonchev–Trinajstić information content (AvgIpc) is 2.78. The van der Waals surface area contributed by atoms with Crippen molar-refractivity contribution in [3.05, 3.63) is 94.9 Å². The molecule has 4 N–H and O–H groups in total. The van der Waals surface area contributed by atoms with Crippen molar-refractivity contribution in [2.24, 2.45) is 5.73 Å². The molecule has 3 rings (SSSR count). The molecule has 0 aliphatic carbocycles. The van der Waals surface area contributed by atoms with Gasteiger partial charge < -0.3 is 16.4 Å². The van der Waals surface area contributed by atoms with Crippen LogP contribution in [0.1, 0.15) is 34.0 Å². The van der Waals surface area contributed by atoms with Gasteiger partial charge in [0.2, 0.25) is 0 Å². The van der Waals surface area contributed by atoms with Gasteiger partial charge in [0.1, 0.15) is 11.6 Å². The standard InChI is InChI=1S/C23H20F4N4O/c1-2-20(28)15-5-3-14(4-6-15)12-29-21-19(11-16(13-30-21)23(25,26)27)22(32)31-18-9-7-17(24)8-10-18/h2-11,13H,12,28H2,1H3,(H,29,30)(H,31,32)/b20-2-. The van der Waals surface area contributed by atoms with Crippen LogP contribution in [0.25, 0.3) is 5.70 Å². The van der Waals surface area contributed by atoms with Gasteiger partial charge in [-0.1, -0.05) is 30.3 Å². The number of hydrogen-bond acceptors (Lipinski definition) is 4. The SMILES string of the molecule is C/C=C(\N)c1ccc(CNc2ncc(C(F)(F)F)cc2C(=O)Nc2ccc(F)cc2)cc1. The number of carbonyl (C=O) groups is 1. The molecule has 1 heterocycles. The van der Waals surface area contributed by atoms with E-state index in [4.69, 9.17) is 5.73 Å². The molecule has 0 aliphatic heterocycles. The molecular weight excluding hydrogens is 424 g/mol. The molecule has 0 fully saturated rings. The van der Waals surface area contributed by atoms with Crippen LogP contribution in [0.5, 0.6) is 0 Å². The Bertz CT molecular complexity index is 1120. The van der Waals surface area contributed by atoms with Crippen molar-refractivity contribution in [2.75, 3.05) is 10.6 Å². The molecular formula is C23H20F4N4O. The first kappa shape index (κ1) is 22.8. The molecule has 0 radical (unpaired) electrons. The van der Waals surface area contributed by atoms with Crippen LogP contribution in [0.4, 0.5) is 29.1 Å². The van der Waals surface area contributed by atoms with Crippen molar-refractivity contribution < 1.29 is 22.4 Å². The van der Waals surface area contributed by atoms with Gasteiger partial charge in [-0.2, -0.15) is 13.2 Å². The molecule has 0 saturated heterocycles. The van der Waals surface area contributed by atoms with Crippen LogP contribution >= 0.6 is 0 Å². The smallest absolute Gasteiger partial charge is 0.399 e. The Labute approximate surface area is 182 Å². The third-order valence-electron chi connectivity index (χ3n) is 4.62. The fraction of sp³-hybridized carbons (Fsp3) is 0.130. The van der Waals surface area contributed by atoms with E-state index in [2.05, 4.69) is 15.6 Å². The maximum Gasteiger partial charge on any atom is 0.417 e. The van der Waals surface area contributed by atoms with E-state index in [9.17, 15) is 22.4 Å². The highest BCUT2D eigenvalue weighted by Gasteiger charge is 2.32. The Hall–Kier alpha value is -3.88. The monoisotopic (exact) mass is 444 g/mol. The summed E-state index contributed by atoms with van der Waals surface area (Å²) in [5, 5.41) is 5.36. The lowest BCUT2D eigenvalue weighted by Gasteiger charge is -2.14. The molecule has 1 amide bonds. The first-order valence-electron chi connectivity index (χ1n) is 9.56. The van der Waals surface area contributed by atoms with E-state index < -0.39 is 23.5 Å². The molecule has 32 heavy (non-hydrogen) atoms. The van der Waals surface area contributed by atoms with Crippen LogP contribution < -0.4 is 16.4 Å². The van der Waals surface area contributed by atoms with Crippen LogP contribution in [-0.4, -0.2) is 10.9 Å². The lowest BCUT2D eigenvalue weighted by molar-refractivity contribution is -0.137. The minimum absolute atomic E-state index is 0.0188. The third-order valence-corrected chi connectivity index (χ3v) is 4.62. The summed E-state index contributed by atoms with van der Waals surface area (Å²) < 4.78 is 52.6. The molecule has 1 aromatic heterocycles. The van der Waals surface area contributed by atoms with Crippen LogP contribution in [0.15, 0.2) is 66.9 Å². The number of nitrogens with one attached hydrogen (secondary N) is 2. The Morgan fingerprint density at radius 1 is 1.09 bits per heavy atom. The van der Waals surface area contributed by atoms with Crippen LogP contribution in [0, 0.1) is 5.82 Å². The van der Waals surface area contributed by atoms with Crippen LogP contribution in [0.2, 0.25) is 0 Å². The predicted molar refractivity (Wildman–Crippen MR) is 115 cm³/mol. The van der Waals surface area contributed by atoms with Gasteiger partial charge in [-0.3, -0.25) is 4.79 Å². The number of halogens is 4. The van der Waals surface area contributed by atoms with Crippen molar-refractivity contribution in [1.29, 1.82) is 0 Å². The first-order chi connectivity index (χ1) is 15.2. The van der Waals surface area contributed by atoms with E-state index in [0.717, 1.165) is 29.3 Å². The van der Waals surface area contributed by atoms with Gasteiger partial charge in [0, 0.05) is 24.1 Å². The molecule has 0 saturated carbocycles. The van der Waals surface area contributed by atoms with Crippen molar-refractivity contribution in [3.63, 3.8) is 0 Å². The highest BCUT2D eigenvalue weighted by Crippen LogP contribution is 2.31. The lowest BCUT2D eigenvalue weighted by atomic mass is 10.1. The largest absolute Gasteiger partial charge is 0.417 e. The van der Waals surface area contributed by atoms with E-state index in [-0.39, 0.29) is 23.6 Å². The number of benzene rings is 2. The number of amides is 1.